The van der Waals surface area contributed by atoms with Crippen LogP contribution in [0.15, 0.2) is 40.9 Å². The van der Waals surface area contributed by atoms with Gasteiger partial charge in [0.25, 0.3) is 10.1 Å². The van der Waals surface area contributed by atoms with Gasteiger partial charge in [-0.1, -0.05) is 49.1 Å². The lowest BCUT2D eigenvalue weighted by Crippen LogP contribution is -2.32. The molecular weight excluding hydrogens is 368 g/mol. The van der Waals surface area contributed by atoms with Crippen LogP contribution in [-0.4, -0.2) is 37.5 Å². The Kier molecular flexibility index (Phi) is 7.82. The van der Waals surface area contributed by atoms with Crippen LogP contribution in [0.5, 0.6) is 0 Å². The molecule has 0 aliphatic heterocycles. The summed E-state index contributed by atoms with van der Waals surface area (Å²) in [6.45, 7) is 15.2. The summed E-state index contributed by atoms with van der Waals surface area (Å²) in [5, 5.41) is 0. The van der Waals surface area contributed by atoms with Crippen molar-refractivity contribution in [3.05, 3.63) is 41.6 Å². The second kappa shape index (κ2) is 8.77. The quantitative estimate of drug-likeness (QED) is 0.443. The summed E-state index contributed by atoms with van der Waals surface area (Å²) in [6, 6.07) is 6.69. The van der Waals surface area contributed by atoms with Crippen molar-refractivity contribution in [2.75, 3.05) is 6.61 Å². The van der Waals surface area contributed by atoms with Gasteiger partial charge in [-0.15, -0.1) is 0 Å². The van der Waals surface area contributed by atoms with Gasteiger partial charge in [-0.2, -0.15) is 8.42 Å². The predicted octanol–water partition coefficient (Wildman–Crippen LogP) is 4.74. The molecule has 0 saturated carbocycles. The van der Waals surface area contributed by atoms with Crippen molar-refractivity contribution in [3.63, 3.8) is 0 Å². The van der Waals surface area contributed by atoms with Gasteiger partial charge in [0.1, 0.15) is 0 Å². The minimum atomic E-state index is -3.72. The largest absolute Gasteiger partial charge is 0.411 e. The molecule has 25 heavy (non-hydrogen) atoms. The average Bonchev–Trinajstić information content (AvgIpc) is 2.42. The Bertz CT molecular complexity index is 669. The summed E-state index contributed by atoms with van der Waals surface area (Å²) in [4.78, 5) is 0.193. The molecule has 0 amide bonds. The molecule has 0 aliphatic carbocycles. The average molecular weight is 401 g/mol. The zero-order valence-electron chi connectivity index (χ0n) is 16.5. The van der Waals surface area contributed by atoms with Crippen LogP contribution < -0.4 is 0 Å². The Hall–Kier alpha value is -0.736. The molecule has 7 heteroatoms. The zero-order valence-corrected chi connectivity index (χ0v) is 19.3. The van der Waals surface area contributed by atoms with Gasteiger partial charge < -0.3 is 4.43 Å². The van der Waals surface area contributed by atoms with Gasteiger partial charge in [0, 0.05) is 6.42 Å². The Balaban J connectivity index is 2.72. The van der Waals surface area contributed by atoms with E-state index in [1.807, 2.05) is 6.92 Å². The van der Waals surface area contributed by atoms with E-state index < -0.39 is 26.5 Å². The maximum Gasteiger partial charge on any atom is 0.296 e. The van der Waals surface area contributed by atoms with Crippen LogP contribution in [0.3, 0.4) is 0 Å². The van der Waals surface area contributed by atoms with Gasteiger partial charge in [-0.05, 0) is 38.7 Å². The van der Waals surface area contributed by atoms with Crippen molar-refractivity contribution in [2.24, 2.45) is 0 Å². The summed E-state index contributed by atoms with van der Waals surface area (Å²) in [6.07, 6.45) is 2.51. The zero-order chi connectivity index (χ0) is 19.3. The first-order chi connectivity index (χ1) is 11.3. The van der Waals surface area contributed by atoms with Crippen LogP contribution in [0.1, 0.15) is 12.0 Å². The third kappa shape index (κ3) is 9.51. The molecular formula is C18H32O4SSi2. The fraction of sp³-hybridized carbons (Fsp3) is 0.556. The molecule has 1 unspecified atom stereocenters. The highest BCUT2D eigenvalue weighted by atomic mass is 32.2. The molecule has 0 aromatic heterocycles. The first-order valence-corrected chi connectivity index (χ1v) is 17.0. The van der Waals surface area contributed by atoms with E-state index in [0.717, 1.165) is 5.56 Å². The fourth-order valence-corrected chi connectivity index (χ4v) is 4.91. The molecule has 0 spiro atoms. The summed E-state index contributed by atoms with van der Waals surface area (Å²) in [5.41, 5.74) is 3.26. The highest BCUT2D eigenvalue weighted by Gasteiger charge is 2.22. The molecule has 1 atom stereocenters. The van der Waals surface area contributed by atoms with E-state index in [1.165, 1.54) is 0 Å². The van der Waals surface area contributed by atoms with Crippen LogP contribution in [0.25, 0.3) is 0 Å². The van der Waals surface area contributed by atoms with Gasteiger partial charge in [0.2, 0.25) is 0 Å². The van der Waals surface area contributed by atoms with Gasteiger partial charge in [0.05, 0.1) is 25.7 Å². The van der Waals surface area contributed by atoms with Crippen molar-refractivity contribution >= 4 is 26.5 Å². The first-order valence-electron chi connectivity index (χ1n) is 8.62. The summed E-state index contributed by atoms with van der Waals surface area (Å²) < 4.78 is 35.9. The van der Waals surface area contributed by atoms with Crippen LogP contribution in [-0.2, 0) is 18.7 Å². The van der Waals surface area contributed by atoms with Crippen molar-refractivity contribution in [1.82, 2.24) is 0 Å². The fourth-order valence-electron chi connectivity index (χ4n) is 2.09. The molecule has 142 valence electrons. The second-order valence-corrected chi connectivity index (χ2v) is 19.5. The van der Waals surface area contributed by atoms with E-state index >= 15 is 0 Å². The second-order valence-electron chi connectivity index (χ2n) is 8.37. The monoisotopic (exact) mass is 400 g/mol. The maximum absolute atomic E-state index is 12.3. The lowest BCUT2D eigenvalue weighted by molar-refractivity contribution is 0.195. The third-order valence-electron chi connectivity index (χ3n) is 3.27. The molecule has 0 saturated heterocycles. The smallest absolute Gasteiger partial charge is 0.296 e. The van der Waals surface area contributed by atoms with Gasteiger partial charge in [-0.3, -0.25) is 4.18 Å². The minimum Gasteiger partial charge on any atom is -0.411 e. The molecule has 0 fully saturated rings. The molecule has 4 nitrogen and oxygen atoms in total. The van der Waals surface area contributed by atoms with E-state index in [1.54, 1.807) is 24.3 Å². The van der Waals surface area contributed by atoms with Gasteiger partial charge in [0.15, 0.2) is 8.32 Å². The van der Waals surface area contributed by atoms with Crippen molar-refractivity contribution in [3.8, 4) is 0 Å². The van der Waals surface area contributed by atoms with Gasteiger partial charge in [-0.25, -0.2) is 0 Å². The molecule has 1 rings (SSSR count). The van der Waals surface area contributed by atoms with Crippen molar-refractivity contribution < 1.29 is 17.0 Å². The lowest BCUT2D eigenvalue weighted by Gasteiger charge is -2.25. The van der Waals surface area contributed by atoms with Crippen LogP contribution in [0.2, 0.25) is 39.3 Å². The van der Waals surface area contributed by atoms with Gasteiger partial charge >= 0.3 is 0 Å². The predicted molar refractivity (Wildman–Crippen MR) is 110 cm³/mol. The molecule has 0 N–H and O–H groups in total. The van der Waals surface area contributed by atoms with E-state index in [9.17, 15) is 8.42 Å². The molecule has 0 bridgehead atoms. The number of hydrogen-bond acceptors (Lipinski definition) is 4. The molecule has 1 aromatic carbocycles. The number of aryl methyl sites for hydroxylation is 1. The SMILES string of the molecule is Cc1ccc(S(=O)(=O)OCCC(/C=C/[Si](C)(C)C)O[Si](C)(C)C)cc1. The molecule has 0 aliphatic rings. The third-order valence-corrected chi connectivity index (χ3v) is 6.80. The highest BCUT2D eigenvalue weighted by molar-refractivity contribution is 7.86. The summed E-state index contributed by atoms with van der Waals surface area (Å²) in [7, 11) is -6.78. The molecule has 0 radical (unpaired) electrons. The summed E-state index contributed by atoms with van der Waals surface area (Å²) in [5.74, 6) is 0. The maximum atomic E-state index is 12.3. The summed E-state index contributed by atoms with van der Waals surface area (Å²) >= 11 is 0. The van der Waals surface area contributed by atoms with Crippen molar-refractivity contribution in [1.29, 1.82) is 0 Å². The normalized spacial score (nSPS) is 14.8. The first kappa shape index (κ1) is 22.3. The van der Waals surface area contributed by atoms with E-state index in [0.29, 0.717) is 6.42 Å². The Morgan fingerprint density at radius 2 is 1.60 bits per heavy atom. The Labute approximate surface area is 155 Å². The molecule has 0 heterocycles. The number of benzene rings is 1. The topological polar surface area (TPSA) is 52.6 Å². The number of rotatable bonds is 9. The van der Waals surface area contributed by atoms with Crippen LogP contribution >= 0.6 is 0 Å². The van der Waals surface area contributed by atoms with Crippen LogP contribution in [0.4, 0.5) is 0 Å². The standard InChI is InChI=1S/C18H32O4SSi2/c1-16-8-10-18(11-9-16)23(19,20)21-14-12-17(22-25(5,6)7)13-15-24(2,3)4/h8-11,13,15,17H,12,14H2,1-7H3/b15-13+. The Morgan fingerprint density at radius 3 is 2.08 bits per heavy atom. The Morgan fingerprint density at radius 1 is 1.04 bits per heavy atom. The van der Waals surface area contributed by atoms with E-state index in [-0.39, 0.29) is 17.6 Å². The van der Waals surface area contributed by atoms with Crippen molar-refractivity contribution in [2.45, 2.75) is 63.6 Å². The van der Waals surface area contributed by atoms with E-state index in [4.69, 9.17) is 8.61 Å². The van der Waals surface area contributed by atoms with Crippen LogP contribution in [0, 0.1) is 6.92 Å². The minimum absolute atomic E-state index is 0.105. The lowest BCUT2D eigenvalue weighted by atomic mass is 10.2. The van der Waals surface area contributed by atoms with E-state index in [2.05, 4.69) is 51.1 Å². The molecule has 1 aromatic rings. The number of hydrogen-bond donors (Lipinski definition) is 0. The highest BCUT2D eigenvalue weighted by Crippen LogP contribution is 2.17.